The van der Waals surface area contributed by atoms with Crippen molar-refractivity contribution in [2.24, 2.45) is 5.16 Å². The first-order chi connectivity index (χ1) is 9.69. The molecule has 1 aromatic rings. The van der Waals surface area contributed by atoms with Crippen LogP contribution in [0, 0.1) is 0 Å². The summed E-state index contributed by atoms with van der Waals surface area (Å²) in [4.78, 5) is 0. The van der Waals surface area contributed by atoms with Crippen molar-refractivity contribution in [3.05, 3.63) is 23.8 Å². The first-order valence-corrected chi connectivity index (χ1v) is 7.42. The van der Waals surface area contributed by atoms with Gasteiger partial charge in [0.2, 0.25) is 0 Å². The van der Waals surface area contributed by atoms with Gasteiger partial charge >= 0.3 is 0 Å². The van der Waals surface area contributed by atoms with Crippen LogP contribution in [0.4, 0.5) is 0 Å². The maximum absolute atomic E-state index is 9.74. The van der Waals surface area contributed by atoms with Gasteiger partial charge in [-0.3, -0.25) is 0 Å². The van der Waals surface area contributed by atoms with E-state index in [1.54, 1.807) is 6.07 Å². The summed E-state index contributed by atoms with van der Waals surface area (Å²) in [5, 5.41) is 31.3. The molecule has 1 aromatic carbocycles. The van der Waals surface area contributed by atoms with Gasteiger partial charge in [-0.1, -0.05) is 50.6 Å². The van der Waals surface area contributed by atoms with Crippen molar-refractivity contribution in [3.63, 3.8) is 0 Å². The third-order valence-electron chi connectivity index (χ3n) is 3.43. The average molecular weight is 279 g/mol. The molecule has 3 N–H and O–H groups in total. The summed E-state index contributed by atoms with van der Waals surface area (Å²) in [5.74, 6) is -0.0554. The number of phenolic OH excluding ortho intramolecular Hbond substituents is 2. The van der Waals surface area contributed by atoms with Crippen LogP contribution in [0.3, 0.4) is 0 Å². The highest BCUT2D eigenvalue weighted by molar-refractivity contribution is 6.02. The van der Waals surface area contributed by atoms with Crippen LogP contribution in [0.5, 0.6) is 11.5 Å². The van der Waals surface area contributed by atoms with Crippen LogP contribution in [0.25, 0.3) is 0 Å². The lowest BCUT2D eigenvalue weighted by atomic mass is 10.0. The Morgan fingerprint density at radius 1 is 1.00 bits per heavy atom. The van der Waals surface area contributed by atoms with E-state index in [0.717, 1.165) is 12.8 Å². The number of unbranched alkanes of at least 4 members (excludes halogenated alkanes) is 6. The van der Waals surface area contributed by atoms with Gasteiger partial charge in [0, 0.05) is 11.6 Å². The van der Waals surface area contributed by atoms with E-state index in [9.17, 15) is 10.2 Å². The molecule has 0 saturated carbocycles. The SMILES string of the molecule is CCCCCCCCC/C(=N/O)c1ccc(O)cc1O. The highest BCUT2D eigenvalue weighted by atomic mass is 16.4. The molecular formula is C16H25NO3. The van der Waals surface area contributed by atoms with Gasteiger partial charge in [-0.05, 0) is 25.0 Å². The number of phenols is 2. The summed E-state index contributed by atoms with van der Waals surface area (Å²) >= 11 is 0. The summed E-state index contributed by atoms with van der Waals surface area (Å²) < 4.78 is 0. The number of hydrogen-bond acceptors (Lipinski definition) is 4. The fourth-order valence-electron chi connectivity index (χ4n) is 2.25. The van der Waals surface area contributed by atoms with E-state index < -0.39 is 0 Å². The molecule has 1 rings (SSSR count). The molecule has 4 nitrogen and oxygen atoms in total. The Kier molecular flexibility index (Phi) is 7.55. The minimum Gasteiger partial charge on any atom is -0.508 e. The smallest absolute Gasteiger partial charge is 0.128 e. The minimum absolute atomic E-state index is 0.000496. The van der Waals surface area contributed by atoms with E-state index in [-0.39, 0.29) is 11.5 Å². The number of nitrogens with zero attached hydrogens (tertiary/aromatic N) is 1. The van der Waals surface area contributed by atoms with E-state index in [0.29, 0.717) is 17.7 Å². The van der Waals surface area contributed by atoms with Gasteiger partial charge in [0.1, 0.15) is 11.5 Å². The molecule has 0 radical (unpaired) electrons. The monoisotopic (exact) mass is 279 g/mol. The second kappa shape index (κ2) is 9.23. The first-order valence-electron chi connectivity index (χ1n) is 7.42. The maximum Gasteiger partial charge on any atom is 0.128 e. The lowest BCUT2D eigenvalue weighted by Crippen LogP contribution is -2.01. The molecule has 0 aliphatic rings. The number of benzene rings is 1. The normalized spacial score (nSPS) is 11.8. The molecule has 0 atom stereocenters. The first kappa shape index (κ1) is 16.3. The maximum atomic E-state index is 9.74. The molecule has 0 fully saturated rings. The molecule has 0 aliphatic heterocycles. The van der Waals surface area contributed by atoms with Gasteiger partial charge < -0.3 is 15.4 Å². The molecule has 112 valence electrons. The molecule has 0 spiro atoms. The Labute approximate surface area is 120 Å². The third-order valence-corrected chi connectivity index (χ3v) is 3.43. The van der Waals surface area contributed by atoms with Gasteiger partial charge in [0.15, 0.2) is 0 Å². The van der Waals surface area contributed by atoms with Crippen LogP contribution < -0.4 is 0 Å². The fraction of sp³-hybridized carbons (Fsp3) is 0.562. The van der Waals surface area contributed by atoms with Gasteiger partial charge in [-0.2, -0.15) is 0 Å². The average Bonchev–Trinajstić information content (AvgIpc) is 2.43. The summed E-state index contributed by atoms with van der Waals surface area (Å²) in [6.07, 6.45) is 8.95. The fourth-order valence-corrected chi connectivity index (χ4v) is 2.25. The zero-order chi connectivity index (χ0) is 14.8. The zero-order valence-corrected chi connectivity index (χ0v) is 12.2. The lowest BCUT2D eigenvalue weighted by Gasteiger charge is -2.07. The highest BCUT2D eigenvalue weighted by Crippen LogP contribution is 2.25. The van der Waals surface area contributed by atoms with E-state index >= 15 is 0 Å². The van der Waals surface area contributed by atoms with E-state index in [1.807, 2.05) is 0 Å². The molecule has 0 unspecified atom stereocenters. The summed E-state index contributed by atoms with van der Waals surface area (Å²) in [6.45, 7) is 2.20. The van der Waals surface area contributed by atoms with E-state index in [2.05, 4.69) is 12.1 Å². The number of oxime groups is 1. The van der Waals surface area contributed by atoms with E-state index in [4.69, 9.17) is 5.21 Å². The predicted molar refractivity (Wildman–Crippen MR) is 80.7 cm³/mol. The second-order valence-corrected chi connectivity index (χ2v) is 5.12. The van der Waals surface area contributed by atoms with Gasteiger partial charge in [-0.25, -0.2) is 0 Å². The molecule has 0 bridgehead atoms. The van der Waals surface area contributed by atoms with Crippen molar-refractivity contribution >= 4 is 5.71 Å². The number of rotatable bonds is 9. The standard InChI is InChI=1S/C16H25NO3/c1-2-3-4-5-6-7-8-9-15(17-20)14-11-10-13(18)12-16(14)19/h10-12,18-20H,2-9H2,1H3/b17-15-. The number of hydrogen-bond donors (Lipinski definition) is 3. The van der Waals surface area contributed by atoms with Crippen LogP contribution in [-0.2, 0) is 0 Å². The van der Waals surface area contributed by atoms with Gasteiger partial charge in [-0.15, -0.1) is 0 Å². The highest BCUT2D eigenvalue weighted by Gasteiger charge is 2.10. The van der Waals surface area contributed by atoms with Crippen LogP contribution in [0.1, 0.15) is 63.9 Å². The molecular weight excluding hydrogens is 254 g/mol. The van der Waals surface area contributed by atoms with Crippen molar-refractivity contribution in [2.75, 3.05) is 0 Å². The Hall–Kier alpha value is -1.71. The van der Waals surface area contributed by atoms with Gasteiger partial charge in [0.25, 0.3) is 0 Å². The second-order valence-electron chi connectivity index (χ2n) is 5.12. The van der Waals surface area contributed by atoms with Crippen LogP contribution in [0.2, 0.25) is 0 Å². The minimum atomic E-state index is -0.0549. The van der Waals surface area contributed by atoms with Crippen molar-refractivity contribution in [1.82, 2.24) is 0 Å². The summed E-state index contributed by atoms with van der Waals surface area (Å²) in [7, 11) is 0. The summed E-state index contributed by atoms with van der Waals surface area (Å²) in [6, 6.07) is 4.30. The lowest BCUT2D eigenvalue weighted by molar-refractivity contribution is 0.317. The molecule has 0 aromatic heterocycles. The molecule has 0 amide bonds. The molecule has 4 heteroatoms. The Bertz CT molecular complexity index is 430. The molecule has 0 saturated heterocycles. The van der Waals surface area contributed by atoms with E-state index in [1.165, 1.54) is 44.2 Å². The molecule has 0 aliphatic carbocycles. The van der Waals surface area contributed by atoms with Gasteiger partial charge in [0.05, 0.1) is 5.71 Å². The van der Waals surface area contributed by atoms with Crippen molar-refractivity contribution < 1.29 is 15.4 Å². The van der Waals surface area contributed by atoms with Crippen molar-refractivity contribution in [3.8, 4) is 11.5 Å². The van der Waals surface area contributed by atoms with Crippen LogP contribution in [-0.4, -0.2) is 21.1 Å². The molecule has 0 heterocycles. The van der Waals surface area contributed by atoms with Crippen molar-refractivity contribution in [2.45, 2.75) is 58.3 Å². The Morgan fingerprint density at radius 2 is 1.65 bits per heavy atom. The number of aromatic hydroxyl groups is 2. The topological polar surface area (TPSA) is 73.1 Å². The Morgan fingerprint density at radius 3 is 2.25 bits per heavy atom. The zero-order valence-electron chi connectivity index (χ0n) is 12.2. The summed E-state index contributed by atoms with van der Waals surface area (Å²) in [5.41, 5.74) is 0.951. The van der Waals surface area contributed by atoms with Crippen molar-refractivity contribution in [1.29, 1.82) is 0 Å². The Balaban J connectivity index is 2.37. The van der Waals surface area contributed by atoms with Crippen LogP contribution >= 0.6 is 0 Å². The quantitative estimate of drug-likeness (QED) is 0.271. The molecule has 20 heavy (non-hydrogen) atoms. The van der Waals surface area contributed by atoms with Crippen LogP contribution in [0.15, 0.2) is 23.4 Å². The largest absolute Gasteiger partial charge is 0.508 e. The predicted octanol–water partition coefficient (Wildman–Crippen LogP) is 4.42. The third kappa shape index (κ3) is 5.51.